The molecule has 0 radical (unpaired) electrons. The molecule has 6 nitrogen and oxygen atoms in total. The van der Waals surface area contributed by atoms with Crippen molar-refractivity contribution >= 4 is 37.2 Å². The minimum Gasteiger partial charge on any atom is -0.478 e. The number of hydrogen-bond acceptors (Lipinski definition) is 5. The van der Waals surface area contributed by atoms with Gasteiger partial charge in [0.2, 0.25) is 0 Å². The number of aromatic carboxylic acids is 1. The van der Waals surface area contributed by atoms with Gasteiger partial charge in [-0.3, -0.25) is 0 Å². The van der Waals surface area contributed by atoms with Crippen molar-refractivity contribution in [2.24, 2.45) is 0 Å². The molecule has 1 aromatic carbocycles. The second-order valence-electron chi connectivity index (χ2n) is 4.25. The summed E-state index contributed by atoms with van der Waals surface area (Å²) in [4.78, 5) is 10.6. The van der Waals surface area contributed by atoms with Gasteiger partial charge in [-0.05, 0) is 24.6 Å². The van der Waals surface area contributed by atoms with E-state index in [-0.39, 0.29) is 33.4 Å². The van der Waals surface area contributed by atoms with Crippen LogP contribution >= 0.6 is 11.6 Å². The van der Waals surface area contributed by atoms with E-state index in [1.54, 1.807) is 0 Å². The molecular formula is C11H13ClO6S2. The Morgan fingerprint density at radius 1 is 1.20 bits per heavy atom. The average molecular weight is 341 g/mol. The smallest absolute Gasteiger partial charge is 0.337 e. The number of carboxylic acids is 1. The molecule has 0 amide bonds. The van der Waals surface area contributed by atoms with Crippen LogP contribution in [-0.4, -0.2) is 45.7 Å². The molecule has 0 saturated heterocycles. The van der Waals surface area contributed by atoms with Crippen LogP contribution < -0.4 is 0 Å². The second-order valence-corrected chi connectivity index (χ2v) is 9.03. The molecule has 1 N–H and O–H groups in total. The van der Waals surface area contributed by atoms with E-state index in [0.717, 1.165) is 24.5 Å². The number of rotatable bonds is 6. The maximum atomic E-state index is 12.0. The number of benzene rings is 1. The SMILES string of the molecule is CS(=O)(=O)CCCS(=O)(=O)c1ccc(C(=O)O)c(Cl)c1. The molecule has 1 rings (SSSR count). The zero-order chi connectivity index (χ0) is 15.6. The van der Waals surface area contributed by atoms with Crippen LogP contribution in [0.1, 0.15) is 16.8 Å². The summed E-state index contributed by atoms with van der Waals surface area (Å²) >= 11 is 5.70. The van der Waals surface area contributed by atoms with E-state index in [1.807, 2.05) is 0 Å². The Hall–Kier alpha value is -1.12. The molecule has 0 aliphatic carbocycles. The topological polar surface area (TPSA) is 106 Å². The van der Waals surface area contributed by atoms with Gasteiger partial charge in [-0.2, -0.15) is 0 Å². The van der Waals surface area contributed by atoms with Crippen molar-refractivity contribution in [3.63, 3.8) is 0 Å². The minimum absolute atomic E-state index is 0.0283. The summed E-state index contributed by atoms with van der Waals surface area (Å²) in [5.41, 5.74) is -0.193. The van der Waals surface area contributed by atoms with Crippen LogP contribution in [0.15, 0.2) is 23.1 Å². The second kappa shape index (κ2) is 6.11. The molecule has 1 aromatic rings. The fraction of sp³-hybridized carbons (Fsp3) is 0.364. The molecule has 0 saturated carbocycles. The van der Waals surface area contributed by atoms with Gasteiger partial charge in [0.15, 0.2) is 9.84 Å². The van der Waals surface area contributed by atoms with Gasteiger partial charge in [-0.1, -0.05) is 11.6 Å². The maximum Gasteiger partial charge on any atom is 0.337 e. The number of hydrogen-bond donors (Lipinski definition) is 1. The van der Waals surface area contributed by atoms with Crippen LogP contribution in [-0.2, 0) is 19.7 Å². The van der Waals surface area contributed by atoms with Crippen molar-refractivity contribution in [3.8, 4) is 0 Å². The van der Waals surface area contributed by atoms with Crippen molar-refractivity contribution < 1.29 is 26.7 Å². The largest absolute Gasteiger partial charge is 0.478 e. The molecule has 0 fully saturated rings. The Kier molecular flexibility index (Phi) is 5.17. The van der Waals surface area contributed by atoms with Crippen molar-refractivity contribution in [2.45, 2.75) is 11.3 Å². The van der Waals surface area contributed by atoms with Gasteiger partial charge in [0.1, 0.15) is 9.84 Å². The molecule has 0 unspecified atom stereocenters. The van der Waals surface area contributed by atoms with E-state index in [2.05, 4.69) is 0 Å². The maximum absolute atomic E-state index is 12.0. The lowest BCUT2D eigenvalue weighted by Crippen LogP contribution is -2.12. The molecule has 0 aliphatic heterocycles. The van der Waals surface area contributed by atoms with Gasteiger partial charge >= 0.3 is 5.97 Å². The van der Waals surface area contributed by atoms with Crippen molar-refractivity contribution in [1.82, 2.24) is 0 Å². The number of halogens is 1. The lowest BCUT2D eigenvalue weighted by atomic mass is 10.2. The number of carbonyl (C=O) groups is 1. The molecule has 0 aliphatic rings. The minimum atomic E-state index is -3.69. The van der Waals surface area contributed by atoms with Crippen LogP contribution in [0, 0.1) is 0 Å². The van der Waals surface area contributed by atoms with Gasteiger partial charge in [0.05, 0.1) is 27.0 Å². The summed E-state index contributed by atoms with van der Waals surface area (Å²) in [7, 11) is -6.91. The summed E-state index contributed by atoms with van der Waals surface area (Å²) in [5, 5.41) is 8.61. The first-order valence-electron chi connectivity index (χ1n) is 5.46. The summed E-state index contributed by atoms with van der Waals surface area (Å²) in [5.74, 6) is -1.83. The summed E-state index contributed by atoms with van der Waals surface area (Å²) in [6.45, 7) is 0. The van der Waals surface area contributed by atoms with E-state index < -0.39 is 25.6 Å². The molecule has 0 spiro atoms. The highest BCUT2D eigenvalue weighted by Gasteiger charge is 2.18. The van der Waals surface area contributed by atoms with Crippen LogP contribution in [0.3, 0.4) is 0 Å². The van der Waals surface area contributed by atoms with Crippen LogP contribution in [0.4, 0.5) is 0 Å². The van der Waals surface area contributed by atoms with E-state index in [0.29, 0.717) is 0 Å². The highest BCUT2D eigenvalue weighted by atomic mass is 35.5. The normalized spacial score (nSPS) is 12.3. The molecule has 0 heterocycles. The number of sulfone groups is 2. The Bertz CT molecular complexity index is 721. The monoisotopic (exact) mass is 340 g/mol. The molecule has 20 heavy (non-hydrogen) atoms. The third-order valence-electron chi connectivity index (χ3n) is 2.46. The van der Waals surface area contributed by atoms with E-state index in [9.17, 15) is 21.6 Å². The molecule has 0 aromatic heterocycles. The van der Waals surface area contributed by atoms with Gasteiger partial charge in [0.25, 0.3) is 0 Å². The highest BCUT2D eigenvalue weighted by molar-refractivity contribution is 7.92. The van der Waals surface area contributed by atoms with Crippen molar-refractivity contribution in [1.29, 1.82) is 0 Å². The molecule has 112 valence electrons. The predicted octanol–water partition coefficient (Wildman–Crippen LogP) is 1.25. The molecule has 0 atom stereocenters. The lowest BCUT2D eigenvalue weighted by Gasteiger charge is -2.06. The van der Waals surface area contributed by atoms with Gasteiger partial charge in [-0.15, -0.1) is 0 Å². The first-order chi connectivity index (χ1) is 9.03. The Labute approximate surface area is 122 Å². The average Bonchev–Trinajstić information content (AvgIpc) is 2.26. The fourth-order valence-corrected chi connectivity index (χ4v) is 4.00. The Morgan fingerprint density at radius 3 is 2.25 bits per heavy atom. The van der Waals surface area contributed by atoms with Gasteiger partial charge < -0.3 is 5.11 Å². The molecular weight excluding hydrogens is 328 g/mol. The van der Waals surface area contributed by atoms with Gasteiger partial charge in [-0.25, -0.2) is 21.6 Å². The highest BCUT2D eigenvalue weighted by Crippen LogP contribution is 2.22. The van der Waals surface area contributed by atoms with Crippen molar-refractivity contribution in [3.05, 3.63) is 28.8 Å². The molecule has 0 bridgehead atoms. The standard InChI is InChI=1S/C11H13ClO6S2/c1-19(15,16)5-2-6-20(17,18)8-3-4-9(11(13)14)10(12)7-8/h3-4,7H,2,5-6H2,1H3,(H,13,14). The van der Waals surface area contributed by atoms with E-state index in [1.165, 1.54) is 0 Å². The van der Waals surface area contributed by atoms with E-state index in [4.69, 9.17) is 16.7 Å². The lowest BCUT2D eigenvalue weighted by molar-refractivity contribution is 0.0697. The number of carboxylic acid groups (broad SMARTS) is 1. The fourth-order valence-electron chi connectivity index (χ4n) is 1.49. The Morgan fingerprint density at radius 2 is 1.80 bits per heavy atom. The van der Waals surface area contributed by atoms with E-state index >= 15 is 0 Å². The Balaban J connectivity index is 2.94. The van der Waals surface area contributed by atoms with Gasteiger partial charge in [0, 0.05) is 6.26 Å². The quantitative estimate of drug-likeness (QED) is 0.835. The summed E-state index contributed by atoms with van der Waals surface area (Å²) < 4.78 is 45.8. The van der Waals surface area contributed by atoms with Crippen LogP contribution in [0.25, 0.3) is 0 Å². The zero-order valence-electron chi connectivity index (χ0n) is 10.5. The predicted molar refractivity (Wildman–Crippen MR) is 74.8 cm³/mol. The first-order valence-corrected chi connectivity index (χ1v) is 9.55. The molecule has 9 heteroatoms. The third-order valence-corrected chi connectivity index (χ3v) is 5.60. The van der Waals surface area contributed by atoms with Crippen molar-refractivity contribution in [2.75, 3.05) is 17.8 Å². The summed E-state index contributed by atoms with van der Waals surface area (Å²) in [6.07, 6.45) is 0.998. The van der Waals surface area contributed by atoms with Crippen LogP contribution in [0.5, 0.6) is 0 Å². The first kappa shape index (κ1) is 16.9. The zero-order valence-corrected chi connectivity index (χ0v) is 12.9. The van der Waals surface area contributed by atoms with Crippen LogP contribution in [0.2, 0.25) is 5.02 Å². The third kappa shape index (κ3) is 4.77. The summed E-state index contributed by atoms with van der Waals surface area (Å²) in [6, 6.07) is 3.31.